The van der Waals surface area contributed by atoms with E-state index in [1.807, 2.05) is 0 Å². The van der Waals surface area contributed by atoms with Crippen LogP contribution in [-0.2, 0) is 10.3 Å². The molecule has 0 radical (unpaired) electrons. The van der Waals surface area contributed by atoms with Crippen LogP contribution in [-0.4, -0.2) is 28.6 Å². The van der Waals surface area contributed by atoms with E-state index in [0.717, 1.165) is 0 Å². The van der Waals surface area contributed by atoms with E-state index in [-0.39, 0.29) is 18.4 Å². The van der Waals surface area contributed by atoms with Gasteiger partial charge >= 0.3 is 0 Å². The Hall–Kier alpha value is -2.90. The average molecular weight is 316 g/mol. The van der Waals surface area contributed by atoms with Crippen molar-refractivity contribution in [2.24, 2.45) is 0 Å². The molecule has 0 unspecified atom stereocenters. The van der Waals surface area contributed by atoms with E-state index in [2.05, 4.69) is 20.8 Å². The van der Waals surface area contributed by atoms with Gasteiger partial charge in [0.1, 0.15) is 5.54 Å². The molecule has 1 aromatic carbocycles. The highest BCUT2D eigenvalue weighted by molar-refractivity contribution is 6.03. The topological polar surface area (TPSA) is 106 Å². The van der Waals surface area contributed by atoms with E-state index in [1.54, 1.807) is 39.0 Å². The number of nitrogens with one attached hydrogen (secondary N) is 2. The molecule has 1 aliphatic heterocycles. The molecule has 3 rings (SSSR count). The highest BCUT2D eigenvalue weighted by Crippen LogP contribution is 2.32. The Morgan fingerprint density at radius 2 is 2.17 bits per heavy atom. The Morgan fingerprint density at radius 3 is 2.87 bits per heavy atom. The zero-order chi connectivity index (χ0) is 16.6. The van der Waals surface area contributed by atoms with Crippen LogP contribution >= 0.6 is 0 Å². The first-order chi connectivity index (χ1) is 10.9. The summed E-state index contributed by atoms with van der Waals surface area (Å²) in [6.45, 7) is 5.10. The van der Waals surface area contributed by atoms with Gasteiger partial charge in [-0.1, -0.05) is 11.2 Å². The van der Waals surface area contributed by atoms with E-state index in [4.69, 9.17) is 9.26 Å². The maximum Gasteiger partial charge on any atom is 0.262 e. The largest absolute Gasteiger partial charge is 0.481 e. The normalized spacial score (nSPS) is 13.8. The number of anilines is 1. The number of aromatic nitrogens is 2. The maximum absolute atomic E-state index is 12.6. The van der Waals surface area contributed by atoms with Gasteiger partial charge < -0.3 is 19.9 Å². The molecule has 2 aromatic rings. The van der Waals surface area contributed by atoms with Gasteiger partial charge in [-0.2, -0.15) is 4.98 Å². The second-order valence-corrected chi connectivity index (χ2v) is 5.74. The van der Waals surface area contributed by atoms with Gasteiger partial charge in [-0.25, -0.2) is 0 Å². The number of hydrogen-bond acceptors (Lipinski definition) is 6. The van der Waals surface area contributed by atoms with E-state index < -0.39 is 5.54 Å². The Labute approximate surface area is 132 Å². The highest BCUT2D eigenvalue weighted by Gasteiger charge is 2.31. The van der Waals surface area contributed by atoms with Gasteiger partial charge in [0.05, 0.1) is 11.3 Å². The van der Waals surface area contributed by atoms with Crippen molar-refractivity contribution in [1.29, 1.82) is 0 Å². The van der Waals surface area contributed by atoms with Gasteiger partial charge in [-0.15, -0.1) is 0 Å². The summed E-state index contributed by atoms with van der Waals surface area (Å²) in [5.74, 6) is 0.533. The molecule has 2 N–H and O–H groups in total. The number of para-hydroxylation sites is 1. The third kappa shape index (κ3) is 2.87. The summed E-state index contributed by atoms with van der Waals surface area (Å²) in [6.07, 6.45) is 0. The number of benzene rings is 1. The number of fused-ring (bicyclic) bond motifs is 1. The number of carbonyl (C=O) groups is 2. The molecule has 0 saturated carbocycles. The third-order valence-electron chi connectivity index (χ3n) is 3.37. The number of aryl methyl sites for hydroxylation is 1. The lowest BCUT2D eigenvalue weighted by Crippen LogP contribution is -2.41. The van der Waals surface area contributed by atoms with Gasteiger partial charge in [0.25, 0.3) is 17.7 Å². The second-order valence-electron chi connectivity index (χ2n) is 5.74. The van der Waals surface area contributed by atoms with Crippen LogP contribution in [0.3, 0.4) is 0 Å². The highest BCUT2D eigenvalue weighted by atomic mass is 16.5. The van der Waals surface area contributed by atoms with Gasteiger partial charge in [-0.3, -0.25) is 9.59 Å². The van der Waals surface area contributed by atoms with Crippen molar-refractivity contribution >= 4 is 17.5 Å². The van der Waals surface area contributed by atoms with E-state index in [0.29, 0.717) is 28.7 Å². The molecule has 120 valence electrons. The van der Waals surface area contributed by atoms with Crippen molar-refractivity contribution in [3.05, 3.63) is 35.5 Å². The predicted octanol–water partition coefficient (Wildman–Crippen LogP) is 1.37. The van der Waals surface area contributed by atoms with Gasteiger partial charge in [-0.05, 0) is 32.9 Å². The molecule has 0 bridgehead atoms. The molecule has 0 atom stereocenters. The molecular weight excluding hydrogens is 300 g/mol. The predicted molar refractivity (Wildman–Crippen MR) is 80.1 cm³/mol. The van der Waals surface area contributed by atoms with Crippen molar-refractivity contribution in [3.63, 3.8) is 0 Å². The first kappa shape index (κ1) is 15.0. The Bertz CT molecular complexity index is 782. The lowest BCUT2D eigenvalue weighted by Gasteiger charge is -2.24. The van der Waals surface area contributed by atoms with Crippen LogP contribution in [0.4, 0.5) is 5.69 Å². The van der Waals surface area contributed by atoms with Crippen molar-refractivity contribution in [3.8, 4) is 5.75 Å². The summed E-state index contributed by atoms with van der Waals surface area (Å²) in [5.41, 5.74) is -0.0499. The van der Waals surface area contributed by atoms with Gasteiger partial charge in [0.15, 0.2) is 18.2 Å². The molecule has 0 saturated heterocycles. The molecule has 0 aliphatic carbocycles. The number of nitrogens with zero attached hydrogens (tertiary/aromatic N) is 2. The molecule has 2 heterocycles. The zero-order valence-corrected chi connectivity index (χ0v) is 13.0. The van der Waals surface area contributed by atoms with Crippen molar-refractivity contribution in [2.45, 2.75) is 26.3 Å². The molecule has 0 spiro atoms. The SMILES string of the molecule is Cc1noc(C(C)(C)NC(=O)c2cccc3c2OCC(=O)N3)n1. The quantitative estimate of drug-likeness (QED) is 0.886. The van der Waals surface area contributed by atoms with Crippen LogP contribution in [0.15, 0.2) is 22.7 Å². The number of ether oxygens (including phenoxy) is 1. The standard InChI is InChI=1S/C15H16N4O4/c1-8-16-14(23-19-8)15(2,3)18-13(21)9-5-4-6-10-12(9)22-7-11(20)17-10/h4-6H,7H2,1-3H3,(H,17,20)(H,18,21). The number of hydrogen-bond donors (Lipinski definition) is 2. The fourth-order valence-corrected chi connectivity index (χ4v) is 2.25. The lowest BCUT2D eigenvalue weighted by molar-refractivity contribution is -0.118. The first-order valence-electron chi connectivity index (χ1n) is 7.06. The molecule has 8 heteroatoms. The molecule has 1 aromatic heterocycles. The van der Waals surface area contributed by atoms with Crippen LogP contribution in [0.5, 0.6) is 5.75 Å². The minimum atomic E-state index is -0.848. The molecule has 8 nitrogen and oxygen atoms in total. The minimum Gasteiger partial charge on any atom is -0.481 e. The minimum absolute atomic E-state index is 0.121. The smallest absolute Gasteiger partial charge is 0.262 e. The van der Waals surface area contributed by atoms with E-state index >= 15 is 0 Å². The monoisotopic (exact) mass is 316 g/mol. The third-order valence-corrected chi connectivity index (χ3v) is 3.37. The summed E-state index contributed by atoms with van der Waals surface area (Å²) in [5, 5.41) is 9.24. The maximum atomic E-state index is 12.6. The fourth-order valence-electron chi connectivity index (χ4n) is 2.25. The second kappa shape index (κ2) is 5.38. The molecule has 2 amide bonds. The summed E-state index contributed by atoms with van der Waals surface area (Å²) < 4.78 is 10.5. The molecule has 23 heavy (non-hydrogen) atoms. The molecule has 0 fully saturated rings. The van der Waals surface area contributed by atoms with Gasteiger partial charge in [0.2, 0.25) is 0 Å². The number of amides is 2. The Kier molecular flexibility index (Phi) is 3.51. The molecular formula is C15H16N4O4. The van der Waals surface area contributed by atoms with E-state index in [1.165, 1.54) is 0 Å². The van der Waals surface area contributed by atoms with Crippen LogP contribution in [0.2, 0.25) is 0 Å². The fraction of sp³-hybridized carbons (Fsp3) is 0.333. The van der Waals surface area contributed by atoms with E-state index in [9.17, 15) is 9.59 Å². The van der Waals surface area contributed by atoms with Crippen LogP contribution in [0, 0.1) is 6.92 Å². The molecule has 1 aliphatic rings. The summed E-state index contributed by atoms with van der Waals surface area (Å²) in [6, 6.07) is 4.98. The van der Waals surface area contributed by atoms with Crippen molar-refractivity contribution in [1.82, 2.24) is 15.5 Å². The lowest BCUT2D eigenvalue weighted by atomic mass is 10.0. The van der Waals surface area contributed by atoms with Crippen LogP contribution in [0.1, 0.15) is 35.9 Å². The summed E-state index contributed by atoms with van der Waals surface area (Å²) in [7, 11) is 0. The van der Waals surface area contributed by atoms with Gasteiger partial charge in [0, 0.05) is 0 Å². The number of rotatable bonds is 3. The Morgan fingerprint density at radius 1 is 1.39 bits per heavy atom. The van der Waals surface area contributed by atoms with Crippen LogP contribution in [0.25, 0.3) is 0 Å². The van der Waals surface area contributed by atoms with Crippen LogP contribution < -0.4 is 15.4 Å². The zero-order valence-electron chi connectivity index (χ0n) is 13.0. The average Bonchev–Trinajstić information content (AvgIpc) is 2.93. The summed E-state index contributed by atoms with van der Waals surface area (Å²) in [4.78, 5) is 28.1. The van der Waals surface area contributed by atoms with Crippen molar-refractivity contribution < 1.29 is 18.8 Å². The summed E-state index contributed by atoms with van der Waals surface area (Å²) >= 11 is 0. The Balaban J connectivity index is 1.87. The number of carbonyl (C=O) groups excluding carboxylic acids is 2. The first-order valence-corrected chi connectivity index (χ1v) is 7.06. The van der Waals surface area contributed by atoms with Crippen molar-refractivity contribution in [2.75, 3.05) is 11.9 Å².